The Morgan fingerprint density at radius 3 is 2.71 bits per heavy atom. The van der Waals surface area contributed by atoms with Crippen LogP contribution in [0.1, 0.15) is 17.0 Å². The van der Waals surface area contributed by atoms with Crippen LogP contribution in [0.15, 0.2) is 16.7 Å². The molecule has 3 heterocycles. The quantitative estimate of drug-likeness (QED) is 0.797. The van der Waals surface area contributed by atoms with Crippen LogP contribution in [0.5, 0.6) is 0 Å². The largest absolute Gasteiger partial charge is 0.456 e. The minimum absolute atomic E-state index is 0.155. The number of hydrogen-bond acceptors (Lipinski definition) is 3. The summed E-state index contributed by atoms with van der Waals surface area (Å²) in [5, 5.41) is 3.36. The number of amides is 1. The molecule has 1 aromatic rings. The molecule has 5 heteroatoms. The Hall–Kier alpha value is -1.36. The molecule has 2 bridgehead atoms. The van der Waals surface area contributed by atoms with Crippen LogP contribution in [0.4, 0.5) is 4.39 Å². The van der Waals surface area contributed by atoms with Crippen molar-refractivity contribution in [1.82, 2.24) is 10.2 Å². The van der Waals surface area contributed by atoms with Gasteiger partial charge in [0.15, 0.2) is 5.82 Å². The van der Waals surface area contributed by atoms with Crippen molar-refractivity contribution in [3.05, 3.63) is 23.9 Å². The molecule has 0 aromatic carbocycles. The van der Waals surface area contributed by atoms with Gasteiger partial charge in [-0.1, -0.05) is 0 Å². The number of carbonyl (C=O) groups is 1. The molecule has 17 heavy (non-hydrogen) atoms. The summed E-state index contributed by atoms with van der Waals surface area (Å²) in [5.41, 5.74) is 0. The number of rotatable bonds is 1. The lowest BCUT2D eigenvalue weighted by Gasteiger charge is -2.41. The second kappa shape index (κ2) is 4.14. The third-order valence-corrected chi connectivity index (χ3v) is 3.59. The van der Waals surface area contributed by atoms with Crippen LogP contribution in [0.3, 0.4) is 0 Å². The predicted molar refractivity (Wildman–Crippen MR) is 59.0 cm³/mol. The van der Waals surface area contributed by atoms with Gasteiger partial charge in [-0.15, -0.1) is 0 Å². The summed E-state index contributed by atoms with van der Waals surface area (Å²) in [7, 11) is 0. The lowest BCUT2D eigenvalue weighted by Crippen LogP contribution is -2.52. The standard InChI is InChI=1S/C12H15FN2O2/c13-10-1-2-17-11(10)12(16)15-6-8-3-9(7-15)5-14-4-8/h1-2,8-9,14H,3-7H2/t8-,9+. The molecule has 0 spiro atoms. The topological polar surface area (TPSA) is 45.5 Å². The minimum atomic E-state index is -0.566. The van der Waals surface area contributed by atoms with Crippen LogP contribution in [0.25, 0.3) is 0 Å². The van der Waals surface area contributed by atoms with Crippen molar-refractivity contribution in [3.63, 3.8) is 0 Å². The summed E-state index contributed by atoms with van der Waals surface area (Å²) >= 11 is 0. The van der Waals surface area contributed by atoms with E-state index in [1.54, 1.807) is 4.90 Å². The molecule has 2 aliphatic rings. The highest BCUT2D eigenvalue weighted by Crippen LogP contribution is 2.26. The molecule has 2 atom stereocenters. The third kappa shape index (κ3) is 1.95. The third-order valence-electron chi connectivity index (χ3n) is 3.59. The second-order valence-electron chi connectivity index (χ2n) is 4.93. The molecule has 0 aliphatic carbocycles. The highest BCUT2D eigenvalue weighted by Gasteiger charge is 2.34. The van der Waals surface area contributed by atoms with E-state index in [9.17, 15) is 9.18 Å². The van der Waals surface area contributed by atoms with Crippen molar-refractivity contribution in [2.45, 2.75) is 6.42 Å². The molecule has 4 nitrogen and oxygen atoms in total. The summed E-state index contributed by atoms with van der Waals surface area (Å²) in [5.74, 6) is -0.0557. The lowest BCUT2D eigenvalue weighted by atomic mass is 9.86. The number of nitrogens with zero attached hydrogens (tertiary/aromatic N) is 1. The number of furan rings is 1. The van der Waals surface area contributed by atoms with Gasteiger partial charge in [0, 0.05) is 19.2 Å². The van der Waals surface area contributed by atoms with E-state index in [1.165, 1.54) is 12.3 Å². The van der Waals surface area contributed by atoms with Crippen molar-refractivity contribution in [1.29, 1.82) is 0 Å². The van der Waals surface area contributed by atoms with Crippen LogP contribution in [0.2, 0.25) is 0 Å². The van der Waals surface area contributed by atoms with E-state index in [2.05, 4.69) is 5.32 Å². The predicted octanol–water partition coefficient (Wildman–Crippen LogP) is 1.10. The van der Waals surface area contributed by atoms with E-state index in [1.807, 2.05) is 0 Å². The van der Waals surface area contributed by atoms with E-state index in [4.69, 9.17) is 4.42 Å². The van der Waals surface area contributed by atoms with E-state index < -0.39 is 5.82 Å². The number of fused-ring (bicyclic) bond motifs is 2. The van der Waals surface area contributed by atoms with Crippen molar-refractivity contribution in [2.75, 3.05) is 26.2 Å². The fourth-order valence-electron chi connectivity index (χ4n) is 2.86. The first-order valence-electron chi connectivity index (χ1n) is 5.97. The van der Waals surface area contributed by atoms with E-state index in [-0.39, 0.29) is 11.7 Å². The van der Waals surface area contributed by atoms with E-state index in [0.717, 1.165) is 19.5 Å². The van der Waals surface area contributed by atoms with Crippen LogP contribution >= 0.6 is 0 Å². The first-order valence-corrected chi connectivity index (χ1v) is 5.97. The number of nitrogens with one attached hydrogen (secondary N) is 1. The minimum Gasteiger partial charge on any atom is -0.456 e. The Morgan fingerprint density at radius 1 is 1.41 bits per heavy atom. The zero-order valence-electron chi connectivity index (χ0n) is 9.49. The molecule has 1 aromatic heterocycles. The van der Waals surface area contributed by atoms with Crippen molar-refractivity contribution >= 4 is 5.91 Å². The van der Waals surface area contributed by atoms with E-state index >= 15 is 0 Å². The second-order valence-corrected chi connectivity index (χ2v) is 4.93. The van der Waals surface area contributed by atoms with Gasteiger partial charge in [-0.05, 0) is 31.3 Å². The Balaban J connectivity index is 1.76. The van der Waals surface area contributed by atoms with Crippen LogP contribution < -0.4 is 5.32 Å². The van der Waals surface area contributed by atoms with Gasteiger partial charge >= 0.3 is 0 Å². The van der Waals surface area contributed by atoms with Crippen molar-refractivity contribution in [3.8, 4) is 0 Å². The summed E-state index contributed by atoms with van der Waals surface area (Å²) in [6.07, 6.45) is 2.38. The molecule has 92 valence electrons. The molecule has 2 aliphatic heterocycles. The van der Waals surface area contributed by atoms with Gasteiger partial charge in [0.05, 0.1) is 6.26 Å². The molecule has 0 unspecified atom stereocenters. The molecule has 2 fully saturated rings. The van der Waals surface area contributed by atoms with Crippen LogP contribution in [0, 0.1) is 17.7 Å². The average molecular weight is 238 g/mol. The number of likely N-dealkylation sites (tertiary alicyclic amines) is 1. The normalized spacial score (nSPS) is 28.2. The highest BCUT2D eigenvalue weighted by molar-refractivity contribution is 5.91. The first kappa shape index (κ1) is 10.8. The summed E-state index contributed by atoms with van der Waals surface area (Å²) in [6.45, 7) is 3.28. The van der Waals surface area contributed by atoms with Gasteiger partial charge < -0.3 is 14.6 Å². The summed E-state index contributed by atoms with van der Waals surface area (Å²) < 4.78 is 18.2. The maximum Gasteiger partial charge on any atom is 0.292 e. The molecule has 1 N–H and O–H groups in total. The molecular weight excluding hydrogens is 223 g/mol. The van der Waals surface area contributed by atoms with Crippen LogP contribution in [-0.2, 0) is 0 Å². The monoisotopic (exact) mass is 238 g/mol. The number of hydrogen-bond donors (Lipinski definition) is 1. The average Bonchev–Trinajstić information content (AvgIpc) is 2.74. The number of halogens is 1. The Morgan fingerprint density at radius 2 is 2.12 bits per heavy atom. The summed E-state index contributed by atoms with van der Waals surface area (Å²) in [4.78, 5) is 13.8. The van der Waals surface area contributed by atoms with E-state index in [0.29, 0.717) is 24.9 Å². The maximum absolute atomic E-state index is 13.3. The van der Waals surface area contributed by atoms with Crippen molar-refractivity contribution < 1.29 is 13.6 Å². The molecule has 3 rings (SSSR count). The van der Waals surface area contributed by atoms with Gasteiger partial charge in [0.1, 0.15) is 0 Å². The van der Waals surface area contributed by atoms with Crippen LogP contribution in [-0.4, -0.2) is 37.0 Å². The highest BCUT2D eigenvalue weighted by atomic mass is 19.1. The van der Waals surface area contributed by atoms with Gasteiger partial charge in [0.25, 0.3) is 5.91 Å². The fourth-order valence-corrected chi connectivity index (χ4v) is 2.86. The Bertz CT molecular complexity index is 420. The van der Waals surface area contributed by atoms with Gasteiger partial charge in [-0.25, -0.2) is 4.39 Å². The van der Waals surface area contributed by atoms with Gasteiger partial charge in [0.2, 0.25) is 5.76 Å². The smallest absolute Gasteiger partial charge is 0.292 e. The van der Waals surface area contributed by atoms with Crippen molar-refractivity contribution in [2.24, 2.45) is 11.8 Å². The zero-order chi connectivity index (χ0) is 11.8. The molecule has 1 amide bonds. The lowest BCUT2D eigenvalue weighted by molar-refractivity contribution is 0.0502. The SMILES string of the molecule is O=C(c1occc1F)N1C[C@@H]2CNC[C@@H](C2)C1. The Kier molecular flexibility index (Phi) is 2.63. The summed E-state index contributed by atoms with van der Waals surface area (Å²) in [6, 6.07) is 1.18. The molecular formula is C12H15FN2O2. The zero-order valence-corrected chi connectivity index (χ0v) is 9.49. The van der Waals surface area contributed by atoms with Gasteiger partial charge in [-0.3, -0.25) is 4.79 Å². The maximum atomic E-state index is 13.3. The first-order chi connectivity index (χ1) is 8.24. The molecule has 0 radical (unpaired) electrons. The number of carbonyl (C=O) groups excluding carboxylic acids is 1. The number of piperidine rings is 2. The molecule has 0 saturated carbocycles. The van der Waals surface area contributed by atoms with Gasteiger partial charge in [-0.2, -0.15) is 0 Å². The molecule has 2 saturated heterocycles. The Labute approximate surface area is 98.8 Å². The fraction of sp³-hybridized carbons (Fsp3) is 0.583.